The Morgan fingerprint density at radius 3 is 2.72 bits per heavy atom. The van der Waals surface area contributed by atoms with Gasteiger partial charge in [-0.2, -0.15) is 0 Å². The van der Waals surface area contributed by atoms with Gasteiger partial charge in [0.25, 0.3) is 0 Å². The summed E-state index contributed by atoms with van der Waals surface area (Å²) in [7, 11) is 0. The number of rotatable bonds is 5. The Bertz CT molecular complexity index is 1020. The molecule has 1 N–H and O–H groups in total. The second kappa shape index (κ2) is 8.28. The number of hydrogen-bond donors (Lipinski definition) is 1. The predicted octanol–water partition coefficient (Wildman–Crippen LogP) is 6.04. The second-order valence-electron chi connectivity index (χ2n) is 7.86. The third-order valence-electron chi connectivity index (χ3n) is 5.07. The molecule has 0 unspecified atom stereocenters. The number of pyridine rings is 1. The summed E-state index contributed by atoms with van der Waals surface area (Å²) in [5.74, 6) is 2.20. The average molecular weight is 470 g/mol. The molecule has 1 fully saturated rings. The van der Waals surface area contributed by atoms with Gasteiger partial charge in [0, 0.05) is 22.8 Å². The summed E-state index contributed by atoms with van der Waals surface area (Å²) in [6.07, 6.45) is 1.82. The van der Waals surface area contributed by atoms with Crippen LogP contribution in [0.15, 0.2) is 63.6 Å². The lowest BCUT2D eigenvalue weighted by Gasteiger charge is -2.27. The highest BCUT2D eigenvalue weighted by atomic mass is 79.9. The van der Waals surface area contributed by atoms with E-state index in [9.17, 15) is 0 Å². The molecule has 6 heteroatoms. The third kappa shape index (κ3) is 4.09. The Morgan fingerprint density at radius 1 is 1.21 bits per heavy atom. The number of thiocarbonyl (C=S) groups is 1. The fraction of sp³-hybridized carbons (Fsp3) is 0.304. The quantitative estimate of drug-likeness (QED) is 0.461. The van der Waals surface area contributed by atoms with Gasteiger partial charge in [-0.05, 0) is 67.0 Å². The molecule has 3 aromatic rings. The van der Waals surface area contributed by atoms with Gasteiger partial charge in [-0.3, -0.25) is 4.98 Å². The van der Waals surface area contributed by atoms with E-state index in [2.05, 4.69) is 76.2 Å². The highest BCUT2D eigenvalue weighted by Gasteiger charge is 2.41. The molecule has 150 valence electrons. The summed E-state index contributed by atoms with van der Waals surface area (Å²) in [4.78, 5) is 6.80. The van der Waals surface area contributed by atoms with Crippen molar-refractivity contribution < 1.29 is 4.42 Å². The maximum Gasteiger partial charge on any atom is 0.170 e. The molecule has 2 atom stereocenters. The summed E-state index contributed by atoms with van der Waals surface area (Å²) >= 11 is 9.35. The summed E-state index contributed by atoms with van der Waals surface area (Å²) in [5, 5.41) is 4.21. The van der Waals surface area contributed by atoms with Gasteiger partial charge in [0.2, 0.25) is 0 Å². The number of aryl methyl sites for hydroxylation is 1. The normalized spacial score (nSPS) is 19.1. The van der Waals surface area contributed by atoms with Crippen LogP contribution in [-0.2, 0) is 0 Å². The second-order valence-corrected chi connectivity index (χ2v) is 9.10. The lowest BCUT2D eigenvalue weighted by atomic mass is 10.0. The first-order chi connectivity index (χ1) is 13.9. The van der Waals surface area contributed by atoms with E-state index in [4.69, 9.17) is 16.6 Å². The van der Waals surface area contributed by atoms with Gasteiger partial charge in [-0.15, -0.1) is 0 Å². The monoisotopic (exact) mass is 469 g/mol. The number of benzene rings is 1. The minimum absolute atomic E-state index is 0.0437. The number of aromatic nitrogens is 1. The smallest absolute Gasteiger partial charge is 0.170 e. The van der Waals surface area contributed by atoms with Crippen LogP contribution < -0.4 is 5.32 Å². The molecule has 2 aromatic heterocycles. The zero-order valence-electron chi connectivity index (χ0n) is 16.7. The first-order valence-electron chi connectivity index (χ1n) is 9.78. The molecule has 1 aliphatic heterocycles. The van der Waals surface area contributed by atoms with Gasteiger partial charge in [0.1, 0.15) is 17.6 Å². The van der Waals surface area contributed by atoms with E-state index >= 15 is 0 Å². The van der Waals surface area contributed by atoms with Gasteiger partial charge in [0.05, 0.1) is 11.7 Å². The van der Waals surface area contributed by atoms with Crippen molar-refractivity contribution in [3.05, 3.63) is 76.2 Å². The number of nitrogens with one attached hydrogen (secondary N) is 1. The summed E-state index contributed by atoms with van der Waals surface area (Å²) in [5.41, 5.74) is 3.21. The minimum Gasteiger partial charge on any atom is -0.459 e. The molecule has 3 heterocycles. The lowest BCUT2D eigenvalue weighted by Crippen LogP contribution is -2.32. The van der Waals surface area contributed by atoms with Gasteiger partial charge in [-0.1, -0.05) is 41.9 Å². The van der Waals surface area contributed by atoms with E-state index in [0.29, 0.717) is 5.92 Å². The Labute approximate surface area is 185 Å². The molecule has 0 aliphatic carbocycles. The average Bonchev–Trinajstić information content (AvgIpc) is 3.27. The van der Waals surface area contributed by atoms with Crippen LogP contribution in [0.4, 0.5) is 0 Å². The SMILES string of the molecule is Cc1ccc(-c2ccc([C@@H]3[C@H](c4ccccn4)NC(=S)N3CC(C)C)o2)c(Br)c1. The zero-order valence-corrected chi connectivity index (χ0v) is 19.1. The van der Waals surface area contributed by atoms with Crippen LogP contribution in [0.5, 0.6) is 0 Å². The Hall–Kier alpha value is -2.18. The van der Waals surface area contributed by atoms with Crippen molar-refractivity contribution in [1.29, 1.82) is 0 Å². The van der Waals surface area contributed by atoms with E-state index in [0.717, 1.165) is 38.9 Å². The molecule has 4 rings (SSSR count). The highest BCUT2D eigenvalue weighted by Crippen LogP contribution is 2.41. The van der Waals surface area contributed by atoms with Crippen molar-refractivity contribution in [2.24, 2.45) is 5.92 Å². The van der Waals surface area contributed by atoms with Crippen molar-refractivity contribution in [2.45, 2.75) is 32.9 Å². The fourth-order valence-corrected chi connectivity index (χ4v) is 4.78. The summed E-state index contributed by atoms with van der Waals surface area (Å²) < 4.78 is 7.41. The predicted molar refractivity (Wildman–Crippen MR) is 124 cm³/mol. The topological polar surface area (TPSA) is 41.3 Å². The molecule has 1 saturated heterocycles. The maximum atomic E-state index is 6.39. The fourth-order valence-electron chi connectivity index (χ4n) is 3.78. The van der Waals surface area contributed by atoms with Crippen LogP contribution in [0, 0.1) is 12.8 Å². The van der Waals surface area contributed by atoms with Gasteiger partial charge in [-0.25, -0.2) is 0 Å². The standard InChI is InChI=1S/C23H24BrN3OS/c1-14(2)13-27-22(21(26-23(27)29)18-6-4-5-11-25-18)20-10-9-19(28-20)16-8-7-15(3)12-17(16)24/h4-12,14,21-22H,13H2,1-3H3,(H,26,29)/t21-,22+/m0/s1. The maximum absolute atomic E-state index is 6.39. The molecule has 1 aliphatic rings. The van der Waals surface area contributed by atoms with Crippen molar-refractivity contribution in [3.63, 3.8) is 0 Å². The van der Waals surface area contributed by atoms with Crippen LogP contribution in [0.2, 0.25) is 0 Å². The molecule has 0 radical (unpaired) electrons. The molecular weight excluding hydrogens is 446 g/mol. The van der Waals surface area contributed by atoms with E-state index in [1.165, 1.54) is 5.56 Å². The van der Waals surface area contributed by atoms with Gasteiger partial charge < -0.3 is 14.6 Å². The Morgan fingerprint density at radius 2 is 2.03 bits per heavy atom. The van der Waals surface area contributed by atoms with Crippen molar-refractivity contribution in [2.75, 3.05) is 6.54 Å². The number of furan rings is 1. The molecule has 0 bridgehead atoms. The van der Waals surface area contributed by atoms with Crippen molar-refractivity contribution >= 4 is 33.3 Å². The third-order valence-corrected chi connectivity index (χ3v) is 6.08. The molecule has 4 nitrogen and oxygen atoms in total. The van der Waals surface area contributed by atoms with E-state index in [1.807, 2.05) is 30.5 Å². The minimum atomic E-state index is -0.0529. The largest absolute Gasteiger partial charge is 0.459 e. The van der Waals surface area contributed by atoms with Crippen molar-refractivity contribution in [1.82, 2.24) is 15.2 Å². The molecule has 0 saturated carbocycles. The lowest BCUT2D eigenvalue weighted by molar-refractivity contribution is 0.253. The highest BCUT2D eigenvalue weighted by molar-refractivity contribution is 9.10. The molecule has 29 heavy (non-hydrogen) atoms. The van der Waals surface area contributed by atoms with E-state index in [-0.39, 0.29) is 12.1 Å². The van der Waals surface area contributed by atoms with Crippen LogP contribution >= 0.6 is 28.1 Å². The van der Waals surface area contributed by atoms with E-state index in [1.54, 1.807) is 0 Å². The van der Waals surface area contributed by atoms with Gasteiger partial charge >= 0.3 is 0 Å². The van der Waals surface area contributed by atoms with Crippen LogP contribution in [0.3, 0.4) is 0 Å². The Balaban J connectivity index is 1.74. The first kappa shape index (κ1) is 20.1. The van der Waals surface area contributed by atoms with Crippen LogP contribution in [0.1, 0.15) is 42.9 Å². The molecule has 0 spiro atoms. The van der Waals surface area contributed by atoms with Crippen LogP contribution in [-0.4, -0.2) is 21.5 Å². The summed E-state index contributed by atoms with van der Waals surface area (Å²) in [6.45, 7) is 7.33. The molecule has 0 amide bonds. The number of halogens is 1. The van der Waals surface area contributed by atoms with Crippen molar-refractivity contribution in [3.8, 4) is 11.3 Å². The number of nitrogens with zero attached hydrogens (tertiary/aromatic N) is 2. The number of hydrogen-bond acceptors (Lipinski definition) is 3. The van der Waals surface area contributed by atoms with Crippen LogP contribution in [0.25, 0.3) is 11.3 Å². The van der Waals surface area contributed by atoms with E-state index < -0.39 is 0 Å². The van der Waals surface area contributed by atoms with Gasteiger partial charge in [0.15, 0.2) is 5.11 Å². The summed E-state index contributed by atoms with van der Waals surface area (Å²) in [6, 6.07) is 16.3. The Kier molecular flexibility index (Phi) is 5.74. The first-order valence-corrected chi connectivity index (χ1v) is 11.0. The molecular formula is C23H24BrN3OS. The zero-order chi connectivity index (χ0) is 20.5. The molecule has 1 aromatic carbocycles.